The number of carbonyl (C=O) groups is 1. The average Bonchev–Trinajstić information content (AvgIpc) is 2.88. The molecule has 2 heterocycles. The number of hydrogen-bond donors (Lipinski definition) is 2. The minimum Gasteiger partial charge on any atom is -0.390 e. The van der Waals surface area contributed by atoms with E-state index in [9.17, 15) is 14.3 Å². The number of anilines is 1. The van der Waals surface area contributed by atoms with E-state index < -0.39 is 11.9 Å². The standard InChI is InChI=1S/C28H33FN4O2/c1-19-10-11-20(29)16-24(19)28(35)33-14-12-32(13-15-33)18-21(34)17-30-27-22-6-2-4-8-25(22)31-26-9-5-3-7-23(26)27/h2,4,6,8,10-11,16,21,34H,3,5,7,9,12-15,17-18H2,1H3,(H,30,31). The lowest BCUT2D eigenvalue weighted by Crippen LogP contribution is -2.51. The second kappa shape index (κ2) is 10.3. The summed E-state index contributed by atoms with van der Waals surface area (Å²) in [6.45, 7) is 5.33. The van der Waals surface area contributed by atoms with Crippen LogP contribution in [0.15, 0.2) is 42.5 Å². The van der Waals surface area contributed by atoms with Crippen molar-refractivity contribution in [3.05, 3.63) is 70.7 Å². The number of aliphatic hydroxyl groups excluding tert-OH is 1. The summed E-state index contributed by atoms with van der Waals surface area (Å²) in [5, 5.41) is 15.5. The molecule has 3 aromatic rings. The number of nitrogens with zero attached hydrogens (tertiary/aromatic N) is 3. The molecule has 0 spiro atoms. The summed E-state index contributed by atoms with van der Waals surface area (Å²) >= 11 is 0. The van der Waals surface area contributed by atoms with Gasteiger partial charge in [0.05, 0.1) is 11.6 Å². The van der Waals surface area contributed by atoms with Crippen LogP contribution < -0.4 is 5.32 Å². The van der Waals surface area contributed by atoms with Crippen LogP contribution in [0, 0.1) is 12.7 Å². The molecule has 1 aliphatic carbocycles. The number of benzene rings is 2. The van der Waals surface area contributed by atoms with Crippen LogP contribution in [0.4, 0.5) is 10.1 Å². The molecule has 2 aliphatic rings. The van der Waals surface area contributed by atoms with Crippen LogP contribution in [0.3, 0.4) is 0 Å². The van der Waals surface area contributed by atoms with Gasteiger partial charge in [-0.2, -0.15) is 0 Å². The van der Waals surface area contributed by atoms with Crippen molar-refractivity contribution >= 4 is 22.5 Å². The highest BCUT2D eigenvalue weighted by Gasteiger charge is 2.25. The number of carbonyl (C=O) groups excluding carboxylic acids is 1. The molecule has 0 saturated carbocycles. The van der Waals surface area contributed by atoms with Gasteiger partial charge in [-0.15, -0.1) is 0 Å². The van der Waals surface area contributed by atoms with E-state index in [4.69, 9.17) is 4.98 Å². The molecule has 35 heavy (non-hydrogen) atoms. The molecule has 2 N–H and O–H groups in total. The van der Waals surface area contributed by atoms with Crippen molar-refractivity contribution in [3.8, 4) is 0 Å². The third-order valence-electron chi connectivity index (χ3n) is 7.24. The Kier molecular flexibility index (Phi) is 6.97. The van der Waals surface area contributed by atoms with Gasteiger partial charge in [0.25, 0.3) is 5.91 Å². The maximum atomic E-state index is 13.6. The van der Waals surface area contributed by atoms with Crippen molar-refractivity contribution in [2.45, 2.75) is 38.7 Å². The quantitative estimate of drug-likeness (QED) is 0.567. The Labute approximate surface area is 205 Å². The van der Waals surface area contributed by atoms with Gasteiger partial charge in [-0.3, -0.25) is 14.7 Å². The molecular formula is C28H33FN4O2. The summed E-state index contributed by atoms with van der Waals surface area (Å²) in [7, 11) is 0. The first kappa shape index (κ1) is 23.7. The van der Waals surface area contributed by atoms with E-state index >= 15 is 0 Å². The first-order valence-corrected chi connectivity index (χ1v) is 12.6. The number of pyridine rings is 1. The van der Waals surface area contributed by atoms with Gasteiger partial charge in [0.2, 0.25) is 0 Å². The highest BCUT2D eigenvalue weighted by atomic mass is 19.1. The lowest BCUT2D eigenvalue weighted by molar-refractivity contribution is 0.0546. The number of fused-ring (bicyclic) bond motifs is 2. The third kappa shape index (κ3) is 5.16. The van der Waals surface area contributed by atoms with Gasteiger partial charge >= 0.3 is 0 Å². The molecule has 1 unspecified atom stereocenters. The molecule has 0 bridgehead atoms. The van der Waals surface area contributed by atoms with E-state index in [-0.39, 0.29) is 5.91 Å². The molecule has 1 saturated heterocycles. The van der Waals surface area contributed by atoms with Crippen LogP contribution >= 0.6 is 0 Å². The lowest BCUT2D eigenvalue weighted by Gasteiger charge is -2.36. The zero-order valence-corrected chi connectivity index (χ0v) is 20.3. The minimum atomic E-state index is -0.533. The molecule has 0 radical (unpaired) electrons. The largest absolute Gasteiger partial charge is 0.390 e. The average molecular weight is 477 g/mol. The normalized spacial score (nSPS) is 17.3. The maximum Gasteiger partial charge on any atom is 0.254 e. The second-order valence-corrected chi connectivity index (χ2v) is 9.72. The van der Waals surface area contributed by atoms with Gasteiger partial charge in [-0.05, 0) is 61.9 Å². The summed E-state index contributed by atoms with van der Waals surface area (Å²) in [6.07, 6.45) is 3.84. The fourth-order valence-corrected chi connectivity index (χ4v) is 5.29. The van der Waals surface area contributed by atoms with E-state index in [1.165, 1.54) is 36.2 Å². The first-order valence-electron chi connectivity index (χ1n) is 12.6. The summed E-state index contributed by atoms with van der Waals surface area (Å²) < 4.78 is 13.6. The number of β-amino-alcohol motifs (C(OH)–C–C–N with tert-alkyl or cyclic N) is 1. The highest BCUT2D eigenvalue weighted by Crippen LogP contribution is 2.33. The summed E-state index contributed by atoms with van der Waals surface area (Å²) in [5.74, 6) is -0.519. The van der Waals surface area contributed by atoms with Gasteiger partial charge < -0.3 is 15.3 Å². The Morgan fingerprint density at radius 1 is 1.11 bits per heavy atom. The summed E-state index contributed by atoms with van der Waals surface area (Å²) in [6, 6.07) is 12.5. The zero-order chi connectivity index (χ0) is 24.4. The number of nitrogens with one attached hydrogen (secondary N) is 1. The molecule has 184 valence electrons. The van der Waals surface area contributed by atoms with Gasteiger partial charge in [-0.25, -0.2) is 4.39 Å². The van der Waals surface area contributed by atoms with E-state index in [0.29, 0.717) is 44.8 Å². The van der Waals surface area contributed by atoms with Crippen molar-refractivity contribution in [1.29, 1.82) is 0 Å². The highest BCUT2D eigenvalue weighted by molar-refractivity contribution is 5.96. The number of hydrogen-bond acceptors (Lipinski definition) is 5. The van der Waals surface area contributed by atoms with Crippen molar-refractivity contribution in [2.24, 2.45) is 0 Å². The number of aromatic nitrogens is 1. The molecule has 7 heteroatoms. The molecular weight excluding hydrogens is 443 g/mol. The van der Waals surface area contributed by atoms with Crippen molar-refractivity contribution in [3.63, 3.8) is 0 Å². The Morgan fingerprint density at radius 2 is 1.89 bits per heavy atom. The fraction of sp³-hybridized carbons (Fsp3) is 0.429. The smallest absolute Gasteiger partial charge is 0.254 e. The molecule has 5 rings (SSSR count). The molecule has 1 atom stereocenters. The predicted octanol–water partition coefficient (Wildman–Crippen LogP) is 3.79. The number of amides is 1. The molecule has 1 aliphatic heterocycles. The summed E-state index contributed by atoms with van der Waals surface area (Å²) in [5.41, 5.74) is 5.80. The fourth-order valence-electron chi connectivity index (χ4n) is 5.29. The SMILES string of the molecule is Cc1ccc(F)cc1C(=O)N1CCN(CC(O)CNc2c3c(nc4ccccc24)CCCC3)CC1. The van der Waals surface area contributed by atoms with E-state index in [0.717, 1.165) is 35.0 Å². The van der Waals surface area contributed by atoms with Crippen molar-refractivity contribution < 1.29 is 14.3 Å². The molecule has 1 fully saturated rings. The first-order chi connectivity index (χ1) is 17.0. The number of rotatable bonds is 6. The number of piperazine rings is 1. The van der Waals surface area contributed by atoms with E-state index in [1.807, 2.05) is 19.1 Å². The van der Waals surface area contributed by atoms with E-state index in [1.54, 1.807) is 11.0 Å². The lowest BCUT2D eigenvalue weighted by atomic mass is 9.92. The van der Waals surface area contributed by atoms with Crippen LogP contribution in [0.25, 0.3) is 10.9 Å². The molecule has 1 aromatic heterocycles. The number of aryl methyl sites for hydroxylation is 2. The predicted molar refractivity (Wildman–Crippen MR) is 136 cm³/mol. The second-order valence-electron chi connectivity index (χ2n) is 9.72. The van der Waals surface area contributed by atoms with E-state index in [2.05, 4.69) is 22.3 Å². The van der Waals surface area contributed by atoms with Crippen molar-refractivity contribution in [1.82, 2.24) is 14.8 Å². The number of aliphatic hydroxyl groups is 1. The third-order valence-corrected chi connectivity index (χ3v) is 7.24. The molecule has 2 aromatic carbocycles. The number of halogens is 1. The Balaban J connectivity index is 1.18. The van der Waals surface area contributed by atoms with Crippen LogP contribution in [0.1, 0.15) is 40.0 Å². The van der Waals surface area contributed by atoms with Gasteiger partial charge in [0.15, 0.2) is 0 Å². The molecule has 6 nitrogen and oxygen atoms in total. The van der Waals surface area contributed by atoms with Crippen LogP contribution in [0.2, 0.25) is 0 Å². The number of para-hydroxylation sites is 1. The topological polar surface area (TPSA) is 68.7 Å². The van der Waals surface area contributed by atoms with Crippen LogP contribution in [-0.4, -0.2) is 71.2 Å². The van der Waals surface area contributed by atoms with Crippen LogP contribution in [-0.2, 0) is 12.8 Å². The maximum absolute atomic E-state index is 13.6. The Bertz CT molecular complexity index is 1220. The zero-order valence-electron chi connectivity index (χ0n) is 20.3. The monoisotopic (exact) mass is 476 g/mol. The van der Waals surface area contributed by atoms with Gasteiger partial charge in [0.1, 0.15) is 5.82 Å². The van der Waals surface area contributed by atoms with Crippen molar-refractivity contribution in [2.75, 3.05) is 44.6 Å². The summed E-state index contributed by atoms with van der Waals surface area (Å²) in [4.78, 5) is 21.7. The Morgan fingerprint density at radius 3 is 2.71 bits per heavy atom. The van der Waals surface area contributed by atoms with Gasteiger partial charge in [-0.1, -0.05) is 24.3 Å². The van der Waals surface area contributed by atoms with Gasteiger partial charge in [0, 0.05) is 61.6 Å². The molecule has 1 amide bonds. The minimum absolute atomic E-state index is 0.127. The van der Waals surface area contributed by atoms with Crippen LogP contribution in [0.5, 0.6) is 0 Å². The Hall–Kier alpha value is -3.03.